The topological polar surface area (TPSA) is 26.3 Å². The van der Waals surface area contributed by atoms with Gasteiger partial charge in [-0.25, -0.2) is 0 Å². The zero-order valence-electron chi connectivity index (χ0n) is 20.6. The van der Waals surface area contributed by atoms with Crippen LogP contribution >= 0.6 is 0 Å². The van der Waals surface area contributed by atoms with Crippen molar-refractivity contribution < 1.29 is 9.53 Å². The molecule has 5 aliphatic rings. The normalized spacial score (nSPS) is 47.5. The van der Waals surface area contributed by atoms with Crippen LogP contribution in [-0.4, -0.2) is 11.6 Å². The second-order valence-corrected chi connectivity index (χ2v) is 12.6. The molecule has 0 N–H and O–H groups in total. The van der Waals surface area contributed by atoms with E-state index in [2.05, 4.69) is 20.8 Å². The summed E-state index contributed by atoms with van der Waals surface area (Å²) in [6.07, 6.45) is 19.9. The van der Waals surface area contributed by atoms with Gasteiger partial charge in [-0.2, -0.15) is 0 Å². The molecule has 0 aromatic rings. The Kier molecular flexibility index (Phi) is 6.48. The van der Waals surface area contributed by atoms with Crippen molar-refractivity contribution in [3.05, 3.63) is 0 Å². The summed E-state index contributed by atoms with van der Waals surface area (Å²) in [6.45, 7) is 7.09. The molecule has 5 fully saturated rings. The van der Waals surface area contributed by atoms with Crippen LogP contribution in [0.25, 0.3) is 0 Å². The molecule has 0 heterocycles. The maximum atomic E-state index is 13.7. The molecule has 0 spiro atoms. The molecule has 0 amide bonds. The van der Waals surface area contributed by atoms with Gasteiger partial charge in [-0.05, 0) is 99.2 Å². The summed E-state index contributed by atoms with van der Waals surface area (Å²) in [7, 11) is 0. The lowest BCUT2D eigenvalue weighted by molar-refractivity contribution is -0.177. The fourth-order valence-electron chi connectivity index (χ4n) is 9.67. The minimum absolute atomic E-state index is 0.195. The van der Waals surface area contributed by atoms with E-state index in [0.717, 1.165) is 48.3 Å². The van der Waals surface area contributed by atoms with Crippen LogP contribution in [0.5, 0.6) is 0 Å². The van der Waals surface area contributed by atoms with Crippen LogP contribution in [0.4, 0.5) is 0 Å². The van der Waals surface area contributed by atoms with Crippen molar-refractivity contribution in [3.8, 4) is 0 Å². The zero-order chi connectivity index (χ0) is 21.6. The van der Waals surface area contributed by atoms with Crippen molar-refractivity contribution in [3.63, 3.8) is 0 Å². The predicted molar refractivity (Wildman–Crippen MR) is 127 cm³/mol. The van der Waals surface area contributed by atoms with Crippen LogP contribution < -0.4 is 0 Å². The highest BCUT2D eigenvalue weighted by atomic mass is 16.6. The van der Waals surface area contributed by atoms with Crippen LogP contribution in [0.3, 0.4) is 0 Å². The maximum Gasteiger partial charge on any atom is 0.309 e. The molecule has 176 valence electrons. The molecule has 5 saturated carbocycles. The molecule has 0 aromatic heterocycles. The van der Waals surface area contributed by atoms with Gasteiger partial charge in [-0.1, -0.05) is 65.2 Å². The van der Waals surface area contributed by atoms with Crippen molar-refractivity contribution in [2.45, 2.75) is 123 Å². The van der Waals surface area contributed by atoms with Gasteiger partial charge in [0.2, 0.25) is 0 Å². The van der Waals surface area contributed by atoms with Crippen molar-refractivity contribution in [1.29, 1.82) is 0 Å². The second-order valence-electron chi connectivity index (χ2n) is 12.6. The summed E-state index contributed by atoms with van der Waals surface area (Å²) < 4.78 is 6.60. The molecule has 0 radical (unpaired) electrons. The van der Waals surface area contributed by atoms with Crippen molar-refractivity contribution >= 4 is 5.97 Å². The van der Waals surface area contributed by atoms with Gasteiger partial charge in [0.1, 0.15) is 5.60 Å². The van der Waals surface area contributed by atoms with Gasteiger partial charge < -0.3 is 4.74 Å². The molecular formula is C29H48O2. The predicted octanol–water partition coefficient (Wildman–Crippen LogP) is 7.79. The first kappa shape index (κ1) is 22.3. The summed E-state index contributed by atoms with van der Waals surface area (Å²) in [5, 5.41) is 0. The van der Waals surface area contributed by atoms with E-state index >= 15 is 0 Å². The summed E-state index contributed by atoms with van der Waals surface area (Å²) >= 11 is 0. The highest BCUT2D eigenvalue weighted by Crippen LogP contribution is 2.66. The van der Waals surface area contributed by atoms with Gasteiger partial charge in [0, 0.05) is 0 Å². The zero-order valence-corrected chi connectivity index (χ0v) is 20.6. The molecule has 2 heteroatoms. The summed E-state index contributed by atoms with van der Waals surface area (Å²) in [4.78, 5) is 13.7. The van der Waals surface area contributed by atoms with Gasteiger partial charge in [0.25, 0.3) is 0 Å². The Labute approximate surface area is 191 Å². The molecule has 2 bridgehead atoms. The molecule has 9 atom stereocenters. The van der Waals surface area contributed by atoms with Crippen molar-refractivity contribution in [2.75, 3.05) is 0 Å². The third-order valence-corrected chi connectivity index (χ3v) is 11.2. The van der Waals surface area contributed by atoms with Gasteiger partial charge in [-0.3, -0.25) is 4.79 Å². The molecule has 31 heavy (non-hydrogen) atoms. The van der Waals surface area contributed by atoms with Crippen molar-refractivity contribution in [1.82, 2.24) is 0 Å². The van der Waals surface area contributed by atoms with E-state index in [0.29, 0.717) is 11.8 Å². The molecule has 9 unspecified atom stereocenters. The lowest BCUT2D eigenvalue weighted by Crippen LogP contribution is -2.45. The Morgan fingerprint density at radius 1 is 0.871 bits per heavy atom. The Balaban J connectivity index is 1.26. The van der Waals surface area contributed by atoms with Gasteiger partial charge >= 0.3 is 5.97 Å². The highest BCUT2D eigenvalue weighted by Gasteiger charge is 2.61. The fraction of sp³-hybridized carbons (Fsp3) is 0.966. The largest absolute Gasteiger partial charge is 0.459 e. The van der Waals surface area contributed by atoms with Gasteiger partial charge in [0.05, 0.1) is 5.92 Å². The molecule has 5 rings (SSSR count). The summed E-state index contributed by atoms with van der Waals surface area (Å²) in [6, 6.07) is 0. The Morgan fingerprint density at radius 2 is 1.58 bits per heavy atom. The molecular weight excluding hydrogens is 380 g/mol. The number of carbonyl (C=O) groups excluding carboxylic acids is 1. The Bertz CT molecular complexity index is 637. The fourth-order valence-corrected chi connectivity index (χ4v) is 9.67. The average molecular weight is 429 g/mol. The monoisotopic (exact) mass is 428 g/mol. The SMILES string of the molecule is CCC1CC(CC)C2C3CC(CC3C(=O)OC3(C)CCCCC3CC3CCCCC3)C12. The smallest absolute Gasteiger partial charge is 0.309 e. The van der Waals surface area contributed by atoms with Gasteiger partial charge in [-0.15, -0.1) is 0 Å². The number of esters is 1. The van der Waals surface area contributed by atoms with Crippen LogP contribution in [0.2, 0.25) is 0 Å². The first-order chi connectivity index (χ1) is 15.0. The maximum absolute atomic E-state index is 13.7. The number of hydrogen-bond acceptors (Lipinski definition) is 2. The minimum atomic E-state index is -0.195. The van der Waals surface area contributed by atoms with Crippen LogP contribution in [0.1, 0.15) is 117 Å². The number of fused-ring (bicyclic) bond motifs is 5. The molecule has 2 nitrogen and oxygen atoms in total. The molecule has 5 aliphatic carbocycles. The molecule has 0 saturated heterocycles. The summed E-state index contributed by atoms with van der Waals surface area (Å²) in [5.74, 6) is 6.88. The highest BCUT2D eigenvalue weighted by molar-refractivity contribution is 5.74. The number of ether oxygens (including phenoxy) is 1. The number of rotatable bonds is 6. The lowest BCUT2D eigenvalue weighted by atomic mass is 9.69. The van der Waals surface area contributed by atoms with Gasteiger partial charge in [0.15, 0.2) is 0 Å². The Hall–Kier alpha value is -0.530. The minimum Gasteiger partial charge on any atom is -0.459 e. The Morgan fingerprint density at radius 3 is 2.32 bits per heavy atom. The second kappa shape index (κ2) is 9.02. The van der Waals surface area contributed by atoms with E-state index in [1.165, 1.54) is 83.5 Å². The van der Waals surface area contributed by atoms with Crippen LogP contribution in [0.15, 0.2) is 0 Å². The third-order valence-electron chi connectivity index (χ3n) is 11.2. The molecule has 0 aromatic carbocycles. The quantitative estimate of drug-likeness (QED) is 0.403. The van der Waals surface area contributed by atoms with E-state index in [1.54, 1.807) is 0 Å². The lowest BCUT2D eigenvalue weighted by Gasteiger charge is -2.44. The van der Waals surface area contributed by atoms with E-state index in [4.69, 9.17) is 4.74 Å². The first-order valence-electron chi connectivity index (χ1n) is 14.3. The van der Waals surface area contributed by atoms with E-state index in [9.17, 15) is 4.79 Å². The van der Waals surface area contributed by atoms with Crippen LogP contribution in [-0.2, 0) is 9.53 Å². The van der Waals surface area contributed by atoms with E-state index in [1.807, 2.05) is 0 Å². The first-order valence-corrected chi connectivity index (χ1v) is 14.3. The van der Waals surface area contributed by atoms with Crippen molar-refractivity contribution in [2.24, 2.45) is 53.3 Å². The average Bonchev–Trinajstić information content (AvgIpc) is 3.47. The van der Waals surface area contributed by atoms with Crippen LogP contribution in [0, 0.1) is 53.3 Å². The van der Waals surface area contributed by atoms with E-state index < -0.39 is 0 Å². The third kappa shape index (κ3) is 4.01. The number of carbonyl (C=O) groups is 1. The molecule has 0 aliphatic heterocycles. The standard InChI is InChI=1S/C29H48O2/c1-4-20-16-21(5-2)27-24-17-22(26(20)27)18-25(24)28(30)31-29(3)14-10-9-13-23(29)15-19-11-7-6-8-12-19/h19-27H,4-18H2,1-3H3. The number of hydrogen-bond donors (Lipinski definition) is 0. The van der Waals surface area contributed by atoms with E-state index in [-0.39, 0.29) is 17.5 Å². The summed E-state index contributed by atoms with van der Waals surface area (Å²) in [5.41, 5.74) is -0.195.